The molecule has 2 aromatic rings. The monoisotopic (exact) mass is 361 g/mol. The van der Waals surface area contributed by atoms with Gasteiger partial charge in [-0.15, -0.1) is 11.3 Å². The fourth-order valence-electron chi connectivity index (χ4n) is 3.21. The Morgan fingerprint density at radius 3 is 2.60 bits per heavy atom. The summed E-state index contributed by atoms with van der Waals surface area (Å²) in [4.78, 5) is 18.4. The summed E-state index contributed by atoms with van der Waals surface area (Å²) in [5.41, 5.74) is 0.619. The Morgan fingerprint density at radius 1 is 1.28 bits per heavy atom. The number of hydrogen-bond donors (Lipinski definition) is 1. The topological polar surface area (TPSA) is 35.6 Å². The van der Waals surface area contributed by atoms with Crippen molar-refractivity contribution in [1.82, 2.24) is 9.80 Å². The number of carbonyl (C=O) groups excluding carboxylic acids is 1. The Bertz CT molecular complexity index is 666. The van der Waals surface area contributed by atoms with Crippen LogP contribution >= 0.6 is 11.3 Å². The second-order valence-corrected chi connectivity index (χ2v) is 7.34. The minimum Gasteiger partial charge on any atom is -0.316 e. The van der Waals surface area contributed by atoms with E-state index in [1.54, 1.807) is 23.5 Å². The van der Waals surface area contributed by atoms with Crippen LogP contribution in [0.15, 0.2) is 41.8 Å². The van der Waals surface area contributed by atoms with Gasteiger partial charge < -0.3 is 15.1 Å². The van der Waals surface area contributed by atoms with Crippen LogP contribution in [0.2, 0.25) is 0 Å². The van der Waals surface area contributed by atoms with Crippen molar-refractivity contribution < 1.29 is 9.18 Å². The van der Waals surface area contributed by atoms with E-state index in [0.717, 1.165) is 32.5 Å². The van der Waals surface area contributed by atoms with Crippen LogP contribution in [-0.4, -0.2) is 41.5 Å². The first kappa shape index (κ1) is 17.9. The van der Waals surface area contributed by atoms with Crippen molar-refractivity contribution >= 4 is 23.1 Å². The highest BCUT2D eigenvalue weighted by atomic mass is 32.1. The number of urea groups is 1. The van der Waals surface area contributed by atoms with Gasteiger partial charge >= 0.3 is 6.03 Å². The van der Waals surface area contributed by atoms with Crippen molar-refractivity contribution in [2.45, 2.75) is 32.4 Å². The molecule has 1 fully saturated rings. The number of rotatable bonds is 5. The molecule has 0 atom stereocenters. The molecule has 2 heterocycles. The molecule has 1 aliphatic rings. The van der Waals surface area contributed by atoms with Gasteiger partial charge in [0.1, 0.15) is 5.82 Å². The fourth-order valence-corrected chi connectivity index (χ4v) is 3.92. The molecular weight excluding hydrogens is 337 g/mol. The molecule has 0 saturated carbocycles. The minimum atomic E-state index is -0.305. The van der Waals surface area contributed by atoms with Crippen LogP contribution in [0.1, 0.15) is 24.6 Å². The van der Waals surface area contributed by atoms with E-state index in [9.17, 15) is 9.18 Å². The van der Waals surface area contributed by atoms with E-state index in [2.05, 4.69) is 23.2 Å². The number of piperidine rings is 1. The molecule has 1 aromatic carbocycles. The van der Waals surface area contributed by atoms with Crippen molar-refractivity contribution in [2.75, 3.05) is 25.0 Å². The van der Waals surface area contributed by atoms with E-state index in [0.29, 0.717) is 12.2 Å². The zero-order valence-electron chi connectivity index (χ0n) is 14.5. The van der Waals surface area contributed by atoms with Crippen molar-refractivity contribution in [3.05, 3.63) is 52.5 Å². The molecule has 1 N–H and O–H groups in total. The summed E-state index contributed by atoms with van der Waals surface area (Å²) >= 11 is 1.66. The zero-order valence-corrected chi connectivity index (χ0v) is 15.3. The van der Waals surface area contributed by atoms with E-state index < -0.39 is 0 Å². The Balaban J connectivity index is 1.71. The first-order valence-electron chi connectivity index (χ1n) is 8.73. The lowest BCUT2D eigenvalue weighted by atomic mass is 10.0. The van der Waals surface area contributed by atoms with Gasteiger partial charge in [0.2, 0.25) is 0 Å². The number of likely N-dealkylation sites (tertiary alicyclic amines) is 1. The molecule has 1 aliphatic heterocycles. The maximum absolute atomic E-state index is 13.1. The fraction of sp³-hybridized carbons (Fsp3) is 0.421. The normalized spacial score (nSPS) is 15.9. The van der Waals surface area contributed by atoms with Gasteiger partial charge in [-0.05, 0) is 55.1 Å². The molecule has 1 saturated heterocycles. The molecule has 3 rings (SSSR count). The summed E-state index contributed by atoms with van der Waals surface area (Å²) in [6.07, 6.45) is 1.96. The molecule has 0 bridgehead atoms. The van der Waals surface area contributed by atoms with E-state index in [1.165, 1.54) is 17.0 Å². The van der Waals surface area contributed by atoms with Gasteiger partial charge in [-0.2, -0.15) is 0 Å². The van der Waals surface area contributed by atoms with Gasteiger partial charge in [0, 0.05) is 29.7 Å². The standard InChI is InChI=1S/C19H24FN3OS/c1-2-22-11-9-17(10-12-22)23(14-18-4-3-13-25-18)19(24)21-16-7-5-15(20)6-8-16/h3-8,13,17H,2,9-12,14H2,1H3,(H,21,24). The number of thiophene rings is 1. The number of amides is 2. The van der Waals surface area contributed by atoms with Gasteiger partial charge in [-0.25, -0.2) is 9.18 Å². The number of nitrogens with zero attached hydrogens (tertiary/aromatic N) is 2. The van der Waals surface area contributed by atoms with Gasteiger partial charge in [0.25, 0.3) is 0 Å². The lowest BCUT2D eigenvalue weighted by molar-refractivity contribution is 0.127. The quantitative estimate of drug-likeness (QED) is 0.856. The highest BCUT2D eigenvalue weighted by Gasteiger charge is 2.28. The third-order valence-electron chi connectivity index (χ3n) is 4.71. The van der Waals surface area contributed by atoms with Crippen LogP contribution in [0.25, 0.3) is 0 Å². The van der Waals surface area contributed by atoms with E-state index in [1.807, 2.05) is 16.3 Å². The van der Waals surface area contributed by atoms with Gasteiger partial charge in [0.15, 0.2) is 0 Å². The van der Waals surface area contributed by atoms with Crippen molar-refractivity contribution in [1.29, 1.82) is 0 Å². The molecule has 0 aliphatic carbocycles. The molecule has 0 spiro atoms. The number of nitrogens with one attached hydrogen (secondary N) is 1. The second kappa shape index (κ2) is 8.45. The van der Waals surface area contributed by atoms with Crippen LogP contribution < -0.4 is 5.32 Å². The Morgan fingerprint density at radius 2 is 2.00 bits per heavy atom. The van der Waals surface area contributed by atoms with Gasteiger partial charge in [0.05, 0.1) is 6.54 Å². The van der Waals surface area contributed by atoms with Crippen LogP contribution in [0, 0.1) is 5.82 Å². The first-order valence-corrected chi connectivity index (χ1v) is 9.61. The maximum Gasteiger partial charge on any atom is 0.322 e. The van der Waals surface area contributed by atoms with Crippen LogP contribution in [0.4, 0.5) is 14.9 Å². The minimum absolute atomic E-state index is 0.116. The first-order chi connectivity index (χ1) is 12.2. The number of anilines is 1. The molecule has 6 heteroatoms. The summed E-state index contributed by atoms with van der Waals surface area (Å²) in [6, 6.07) is 10.1. The molecule has 4 nitrogen and oxygen atoms in total. The molecule has 25 heavy (non-hydrogen) atoms. The zero-order chi connectivity index (χ0) is 17.6. The predicted molar refractivity (Wildman–Crippen MR) is 100 cm³/mol. The Labute approximate surface area is 152 Å². The van der Waals surface area contributed by atoms with Crippen LogP contribution in [-0.2, 0) is 6.54 Å². The van der Waals surface area contributed by atoms with Gasteiger partial charge in [-0.3, -0.25) is 0 Å². The average Bonchev–Trinajstić information content (AvgIpc) is 3.15. The van der Waals surface area contributed by atoms with E-state index in [-0.39, 0.29) is 17.9 Å². The lowest BCUT2D eigenvalue weighted by Crippen LogP contribution is -2.48. The van der Waals surface area contributed by atoms with Crippen molar-refractivity contribution in [3.8, 4) is 0 Å². The molecule has 0 unspecified atom stereocenters. The third kappa shape index (κ3) is 4.80. The molecule has 134 valence electrons. The molecule has 1 aromatic heterocycles. The number of halogens is 1. The summed E-state index contributed by atoms with van der Waals surface area (Å²) in [7, 11) is 0. The maximum atomic E-state index is 13.1. The van der Waals surface area contributed by atoms with Gasteiger partial charge in [-0.1, -0.05) is 13.0 Å². The number of benzene rings is 1. The second-order valence-electron chi connectivity index (χ2n) is 6.31. The van der Waals surface area contributed by atoms with E-state index in [4.69, 9.17) is 0 Å². The SMILES string of the molecule is CCN1CCC(N(Cc2cccs2)C(=O)Nc2ccc(F)cc2)CC1. The smallest absolute Gasteiger partial charge is 0.316 e. The van der Waals surface area contributed by atoms with Crippen molar-refractivity contribution in [2.24, 2.45) is 0 Å². The molecule has 0 radical (unpaired) electrons. The Hall–Kier alpha value is -1.92. The molecule has 2 amide bonds. The number of hydrogen-bond acceptors (Lipinski definition) is 3. The molecular formula is C19H24FN3OS. The van der Waals surface area contributed by atoms with Crippen LogP contribution in [0.3, 0.4) is 0 Å². The Kier molecular flexibility index (Phi) is 6.04. The summed E-state index contributed by atoms with van der Waals surface area (Å²) in [5, 5.41) is 4.95. The average molecular weight is 361 g/mol. The summed E-state index contributed by atoms with van der Waals surface area (Å²) in [5.74, 6) is -0.305. The third-order valence-corrected chi connectivity index (χ3v) is 5.57. The largest absolute Gasteiger partial charge is 0.322 e. The highest BCUT2D eigenvalue weighted by molar-refractivity contribution is 7.09. The lowest BCUT2D eigenvalue weighted by Gasteiger charge is -2.38. The summed E-state index contributed by atoms with van der Waals surface area (Å²) in [6.45, 7) is 5.88. The predicted octanol–water partition coefficient (Wildman–Crippen LogP) is 4.41. The van der Waals surface area contributed by atoms with Crippen molar-refractivity contribution in [3.63, 3.8) is 0 Å². The van der Waals surface area contributed by atoms with E-state index >= 15 is 0 Å². The highest BCUT2D eigenvalue weighted by Crippen LogP contribution is 2.22. The van der Waals surface area contributed by atoms with Crippen LogP contribution in [0.5, 0.6) is 0 Å². The number of carbonyl (C=O) groups is 1. The summed E-state index contributed by atoms with van der Waals surface area (Å²) < 4.78 is 13.1.